The molecule has 1 saturated heterocycles. The van der Waals surface area contributed by atoms with E-state index in [4.69, 9.17) is 4.74 Å². The number of rotatable bonds is 5. The molecular formula is C26H33N3O3. The summed E-state index contributed by atoms with van der Waals surface area (Å²) in [6, 6.07) is 15.5. The van der Waals surface area contributed by atoms with Crippen molar-refractivity contribution in [2.75, 3.05) is 44.2 Å². The lowest BCUT2D eigenvalue weighted by Crippen LogP contribution is -2.50. The summed E-state index contributed by atoms with van der Waals surface area (Å²) >= 11 is 0. The van der Waals surface area contributed by atoms with Crippen molar-refractivity contribution in [1.82, 2.24) is 10.2 Å². The smallest absolute Gasteiger partial charge is 0.410 e. The third-order valence-electron chi connectivity index (χ3n) is 5.14. The Kier molecular flexibility index (Phi) is 8.02. The molecule has 0 saturated carbocycles. The Morgan fingerprint density at radius 3 is 2.31 bits per heavy atom. The lowest BCUT2D eigenvalue weighted by atomic mass is 10.1. The second kappa shape index (κ2) is 10.9. The SMILES string of the molecule is CC(C)(C)OC(=O)N1CCN(c2ccc(C#CCNCCc3ccc(O)cc3)cc2)CC1. The minimum atomic E-state index is -0.465. The van der Waals surface area contributed by atoms with Crippen LogP contribution in [-0.4, -0.2) is 61.0 Å². The number of aromatic hydroxyl groups is 1. The van der Waals surface area contributed by atoms with Crippen LogP contribution >= 0.6 is 0 Å². The standard InChI is InChI=1S/C26H33N3O3/c1-26(2,3)32-25(31)29-19-17-28(18-20-29)23-10-6-21(7-11-23)5-4-15-27-16-14-22-8-12-24(30)13-9-22/h6-13,27,30H,14-20H2,1-3H3. The number of piperazine rings is 1. The van der Waals surface area contributed by atoms with E-state index in [0.717, 1.165) is 37.3 Å². The van der Waals surface area contributed by atoms with Crippen molar-refractivity contribution in [3.05, 3.63) is 59.7 Å². The zero-order chi connectivity index (χ0) is 23.0. The largest absolute Gasteiger partial charge is 0.508 e. The number of benzene rings is 2. The van der Waals surface area contributed by atoms with Crippen molar-refractivity contribution < 1.29 is 14.6 Å². The van der Waals surface area contributed by atoms with Gasteiger partial charge in [0, 0.05) is 44.0 Å². The molecule has 2 N–H and O–H groups in total. The minimum absolute atomic E-state index is 0.237. The molecule has 32 heavy (non-hydrogen) atoms. The molecule has 0 atom stereocenters. The summed E-state index contributed by atoms with van der Waals surface area (Å²) in [6.07, 6.45) is 0.664. The molecule has 6 heteroatoms. The van der Waals surface area contributed by atoms with Gasteiger partial charge in [-0.2, -0.15) is 0 Å². The summed E-state index contributed by atoms with van der Waals surface area (Å²) in [6.45, 7) is 10.0. The molecule has 0 aliphatic carbocycles. The van der Waals surface area contributed by atoms with Crippen molar-refractivity contribution in [1.29, 1.82) is 0 Å². The summed E-state index contributed by atoms with van der Waals surface area (Å²) in [5.74, 6) is 6.64. The van der Waals surface area contributed by atoms with Crippen molar-refractivity contribution in [2.45, 2.75) is 32.8 Å². The number of anilines is 1. The number of phenols is 1. The summed E-state index contributed by atoms with van der Waals surface area (Å²) in [4.78, 5) is 16.3. The Hall–Kier alpha value is -3.17. The van der Waals surface area contributed by atoms with Crippen molar-refractivity contribution >= 4 is 11.8 Å². The second-order valence-electron chi connectivity index (χ2n) is 8.90. The van der Waals surface area contributed by atoms with Gasteiger partial charge in [-0.15, -0.1) is 0 Å². The quantitative estimate of drug-likeness (QED) is 0.555. The summed E-state index contributed by atoms with van der Waals surface area (Å²) in [5, 5.41) is 12.6. The van der Waals surface area contributed by atoms with Crippen LogP contribution < -0.4 is 10.2 Å². The molecule has 0 radical (unpaired) electrons. The lowest BCUT2D eigenvalue weighted by Gasteiger charge is -2.36. The topological polar surface area (TPSA) is 65.0 Å². The highest BCUT2D eigenvalue weighted by atomic mass is 16.6. The van der Waals surface area contributed by atoms with Gasteiger partial charge in [-0.25, -0.2) is 4.79 Å². The van der Waals surface area contributed by atoms with Crippen LogP contribution in [0.1, 0.15) is 31.9 Å². The fourth-order valence-electron chi connectivity index (χ4n) is 3.42. The highest BCUT2D eigenvalue weighted by Gasteiger charge is 2.25. The first-order chi connectivity index (χ1) is 15.3. The molecule has 6 nitrogen and oxygen atoms in total. The maximum atomic E-state index is 12.2. The van der Waals surface area contributed by atoms with Gasteiger partial charge in [0.15, 0.2) is 0 Å². The van der Waals surface area contributed by atoms with Crippen LogP contribution in [0.4, 0.5) is 10.5 Å². The lowest BCUT2D eigenvalue weighted by molar-refractivity contribution is 0.0240. The molecule has 0 unspecified atom stereocenters. The van der Waals surface area contributed by atoms with E-state index < -0.39 is 5.60 Å². The molecule has 1 amide bonds. The molecule has 3 rings (SSSR count). The molecule has 0 spiro atoms. The minimum Gasteiger partial charge on any atom is -0.508 e. The van der Waals surface area contributed by atoms with E-state index in [1.54, 1.807) is 17.0 Å². The van der Waals surface area contributed by atoms with Gasteiger partial charge < -0.3 is 25.0 Å². The average Bonchev–Trinajstić information content (AvgIpc) is 2.77. The first-order valence-corrected chi connectivity index (χ1v) is 11.1. The van der Waals surface area contributed by atoms with Crippen LogP contribution in [0.3, 0.4) is 0 Å². The highest BCUT2D eigenvalue weighted by molar-refractivity contribution is 5.68. The van der Waals surface area contributed by atoms with E-state index in [2.05, 4.69) is 34.2 Å². The fraction of sp³-hybridized carbons (Fsp3) is 0.423. The molecule has 0 bridgehead atoms. The van der Waals surface area contributed by atoms with Gasteiger partial charge in [-0.3, -0.25) is 0 Å². The number of ether oxygens (including phenoxy) is 1. The zero-order valence-corrected chi connectivity index (χ0v) is 19.2. The first-order valence-electron chi connectivity index (χ1n) is 11.1. The van der Waals surface area contributed by atoms with Gasteiger partial charge in [0.2, 0.25) is 0 Å². The van der Waals surface area contributed by atoms with Crippen LogP contribution in [0, 0.1) is 11.8 Å². The number of carbonyl (C=O) groups excluding carboxylic acids is 1. The van der Waals surface area contributed by atoms with Gasteiger partial charge in [0.1, 0.15) is 11.4 Å². The third kappa shape index (κ3) is 7.51. The van der Waals surface area contributed by atoms with Gasteiger partial charge in [-0.05, 0) is 69.2 Å². The number of nitrogens with one attached hydrogen (secondary N) is 1. The number of amides is 1. The van der Waals surface area contributed by atoms with Crippen molar-refractivity contribution in [3.8, 4) is 17.6 Å². The first kappa shape index (κ1) is 23.5. The van der Waals surface area contributed by atoms with Gasteiger partial charge in [0.05, 0.1) is 6.54 Å². The van der Waals surface area contributed by atoms with Crippen LogP contribution in [0.5, 0.6) is 5.75 Å². The zero-order valence-electron chi connectivity index (χ0n) is 19.2. The molecule has 1 heterocycles. The van der Waals surface area contributed by atoms with Crippen LogP contribution in [0.2, 0.25) is 0 Å². The van der Waals surface area contributed by atoms with E-state index in [0.29, 0.717) is 25.4 Å². The summed E-state index contributed by atoms with van der Waals surface area (Å²) in [5.41, 5.74) is 2.85. The molecule has 170 valence electrons. The van der Waals surface area contributed by atoms with Crippen molar-refractivity contribution in [2.24, 2.45) is 0 Å². The molecule has 1 fully saturated rings. The summed E-state index contributed by atoms with van der Waals surface area (Å²) in [7, 11) is 0. The Labute approximate surface area is 191 Å². The Balaban J connectivity index is 1.39. The number of phenolic OH excluding ortho intramolecular Hbond substituents is 1. The van der Waals surface area contributed by atoms with E-state index in [1.165, 1.54) is 5.56 Å². The van der Waals surface area contributed by atoms with Gasteiger partial charge in [0.25, 0.3) is 0 Å². The molecular weight excluding hydrogens is 402 g/mol. The maximum Gasteiger partial charge on any atom is 0.410 e. The number of hydrogen-bond donors (Lipinski definition) is 2. The van der Waals surface area contributed by atoms with Crippen LogP contribution in [0.15, 0.2) is 48.5 Å². The maximum absolute atomic E-state index is 12.2. The summed E-state index contributed by atoms with van der Waals surface area (Å²) < 4.78 is 5.46. The van der Waals surface area contributed by atoms with E-state index in [9.17, 15) is 9.90 Å². The van der Waals surface area contributed by atoms with Crippen molar-refractivity contribution in [3.63, 3.8) is 0 Å². The van der Waals surface area contributed by atoms with E-state index >= 15 is 0 Å². The predicted octanol–water partition coefficient (Wildman–Crippen LogP) is 3.63. The van der Waals surface area contributed by atoms with E-state index in [1.807, 2.05) is 45.0 Å². The normalized spacial score (nSPS) is 14.0. The molecule has 1 aliphatic heterocycles. The average molecular weight is 436 g/mol. The molecule has 2 aromatic carbocycles. The Morgan fingerprint density at radius 1 is 1.03 bits per heavy atom. The number of nitrogens with zero attached hydrogens (tertiary/aromatic N) is 2. The second-order valence-corrected chi connectivity index (χ2v) is 8.90. The Bertz CT molecular complexity index is 930. The van der Waals surface area contributed by atoms with Crippen LogP contribution in [0.25, 0.3) is 0 Å². The number of hydrogen-bond acceptors (Lipinski definition) is 5. The third-order valence-corrected chi connectivity index (χ3v) is 5.14. The molecule has 1 aliphatic rings. The Morgan fingerprint density at radius 2 is 1.69 bits per heavy atom. The van der Waals surface area contributed by atoms with Gasteiger partial charge >= 0.3 is 6.09 Å². The number of carbonyl (C=O) groups is 1. The predicted molar refractivity (Wildman–Crippen MR) is 128 cm³/mol. The fourth-order valence-corrected chi connectivity index (χ4v) is 3.42. The van der Waals surface area contributed by atoms with Crippen LogP contribution in [-0.2, 0) is 11.2 Å². The van der Waals surface area contributed by atoms with E-state index in [-0.39, 0.29) is 6.09 Å². The monoisotopic (exact) mass is 435 g/mol. The molecule has 0 aromatic heterocycles. The molecule has 2 aromatic rings. The van der Waals surface area contributed by atoms with Gasteiger partial charge in [-0.1, -0.05) is 24.0 Å². The highest BCUT2D eigenvalue weighted by Crippen LogP contribution is 2.18.